The van der Waals surface area contributed by atoms with Crippen molar-refractivity contribution in [1.82, 2.24) is 5.43 Å². The Labute approximate surface area is 106 Å². The first-order valence-electron chi connectivity index (χ1n) is 5.72. The van der Waals surface area contributed by atoms with Gasteiger partial charge in [0.05, 0.1) is 16.4 Å². The van der Waals surface area contributed by atoms with E-state index in [1.165, 1.54) is 0 Å². The molecule has 0 radical (unpaired) electrons. The van der Waals surface area contributed by atoms with Crippen LogP contribution in [0.25, 0.3) is 0 Å². The predicted octanol–water partition coefficient (Wildman–Crippen LogP) is 1.09. The normalized spacial score (nSPS) is 19.3. The number of carbonyl (C=O) groups is 1. The van der Waals surface area contributed by atoms with Gasteiger partial charge in [-0.3, -0.25) is 4.79 Å². The Hall–Kier alpha value is -1.69. The van der Waals surface area contributed by atoms with Gasteiger partial charge in [-0.25, -0.2) is 13.8 Å². The molecule has 18 heavy (non-hydrogen) atoms. The summed E-state index contributed by atoms with van der Waals surface area (Å²) in [6, 6.07) is 6.73. The van der Waals surface area contributed by atoms with Crippen molar-refractivity contribution in [1.29, 1.82) is 0 Å². The van der Waals surface area contributed by atoms with Crippen molar-refractivity contribution in [3.8, 4) is 0 Å². The number of fused-ring (bicyclic) bond motifs is 1. The van der Waals surface area contributed by atoms with E-state index in [0.29, 0.717) is 29.0 Å². The van der Waals surface area contributed by atoms with E-state index in [9.17, 15) is 13.2 Å². The highest BCUT2D eigenvalue weighted by atomic mass is 32.2. The van der Waals surface area contributed by atoms with Gasteiger partial charge < -0.3 is 0 Å². The minimum absolute atomic E-state index is 0.0326. The topological polar surface area (TPSA) is 75.6 Å². The van der Waals surface area contributed by atoms with E-state index >= 15 is 0 Å². The molecule has 5 nitrogen and oxygen atoms in total. The molecule has 1 N–H and O–H groups in total. The van der Waals surface area contributed by atoms with Crippen molar-refractivity contribution in [2.45, 2.75) is 24.7 Å². The second-order valence-electron chi connectivity index (χ2n) is 4.01. The molecule has 0 unspecified atom stereocenters. The number of benzene rings is 1. The maximum absolute atomic E-state index is 11.9. The van der Waals surface area contributed by atoms with Crippen molar-refractivity contribution >= 4 is 21.5 Å². The molecular formula is C12H14N2O3S. The van der Waals surface area contributed by atoms with Gasteiger partial charge in [-0.1, -0.05) is 25.1 Å². The maximum Gasteiger partial charge on any atom is 0.239 e. The standard InChI is InChI=1S/C12H14N2O3S/c1-2-12(15)14-13-10-7-8-18(16,17)11-6-4-3-5-9(10)11/h3-6H,2,7-8H2,1H3,(H,14,15)/b13-10-. The molecular weight excluding hydrogens is 252 g/mol. The molecule has 6 heteroatoms. The van der Waals surface area contributed by atoms with Gasteiger partial charge in [0.1, 0.15) is 0 Å². The Morgan fingerprint density at radius 3 is 2.83 bits per heavy atom. The zero-order valence-electron chi connectivity index (χ0n) is 10.0. The number of hydrogen-bond acceptors (Lipinski definition) is 4. The van der Waals surface area contributed by atoms with Gasteiger partial charge in [0, 0.05) is 18.4 Å². The predicted molar refractivity (Wildman–Crippen MR) is 68.1 cm³/mol. The Morgan fingerprint density at radius 2 is 2.11 bits per heavy atom. The van der Waals surface area contributed by atoms with Gasteiger partial charge in [-0.15, -0.1) is 0 Å². The summed E-state index contributed by atoms with van der Waals surface area (Å²) in [7, 11) is -3.21. The third kappa shape index (κ3) is 2.43. The third-order valence-corrected chi connectivity index (χ3v) is 4.54. The van der Waals surface area contributed by atoms with Gasteiger partial charge in [0.2, 0.25) is 5.91 Å². The smallest absolute Gasteiger partial charge is 0.239 e. The molecule has 0 fully saturated rings. The van der Waals surface area contributed by atoms with E-state index in [2.05, 4.69) is 10.5 Å². The van der Waals surface area contributed by atoms with Crippen LogP contribution in [-0.4, -0.2) is 25.8 Å². The van der Waals surface area contributed by atoms with Crippen LogP contribution in [0.5, 0.6) is 0 Å². The van der Waals surface area contributed by atoms with Crippen molar-refractivity contribution < 1.29 is 13.2 Å². The van der Waals surface area contributed by atoms with Crippen LogP contribution in [0.1, 0.15) is 25.3 Å². The first-order valence-corrected chi connectivity index (χ1v) is 7.37. The molecule has 0 spiro atoms. The molecule has 2 rings (SSSR count). The van der Waals surface area contributed by atoms with Gasteiger partial charge in [-0.2, -0.15) is 5.10 Å². The highest BCUT2D eigenvalue weighted by Crippen LogP contribution is 2.24. The summed E-state index contributed by atoms with van der Waals surface area (Å²) in [5.74, 6) is -0.154. The van der Waals surface area contributed by atoms with Crippen LogP contribution < -0.4 is 5.43 Å². The molecule has 0 saturated heterocycles. The van der Waals surface area contributed by atoms with Crippen LogP contribution >= 0.6 is 0 Å². The monoisotopic (exact) mass is 266 g/mol. The van der Waals surface area contributed by atoms with E-state index in [4.69, 9.17) is 0 Å². The molecule has 1 amide bonds. The fourth-order valence-corrected chi connectivity index (χ4v) is 3.27. The lowest BCUT2D eigenvalue weighted by atomic mass is 10.1. The Balaban J connectivity index is 2.40. The molecule has 0 aromatic heterocycles. The van der Waals surface area contributed by atoms with Crippen molar-refractivity contribution in [3.63, 3.8) is 0 Å². The molecule has 96 valence electrons. The maximum atomic E-state index is 11.9. The first kappa shape index (κ1) is 12.8. The van der Waals surface area contributed by atoms with Crippen LogP contribution in [0, 0.1) is 0 Å². The van der Waals surface area contributed by atoms with E-state index in [1.807, 2.05) is 0 Å². The third-order valence-electron chi connectivity index (χ3n) is 2.78. The minimum atomic E-state index is -3.21. The number of rotatable bonds is 2. The molecule has 0 atom stereocenters. The average molecular weight is 266 g/mol. The number of hydrazone groups is 1. The van der Waals surface area contributed by atoms with Gasteiger partial charge in [-0.05, 0) is 6.07 Å². The van der Waals surface area contributed by atoms with Crippen LogP contribution in [0.2, 0.25) is 0 Å². The quantitative estimate of drug-likeness (QED) is 0.814. The van der Waals surface area contributed by atoms with E-state index in [0.717, 1.165) is 0 Å². The number of nitrogens with one attached hydrogen (secondary N) is 1. The molecule has 1 aliphatic heterocycles. The second kappa shape index (κ2) is 4.89. The zero-order chi connectivity index (χ0) is 13.2. The van der Waals surface area contributed by atoms with E-state index < -0.39 is 9.84 Å². The number of sulfone groups is 1. The lowest BCUT2D eigenvalue weighted by Gasteiger charge is -2.17. The zero-order valence-corrected chi connectivity index (χ0v) is 10.8. The number of nitrogens with zero attached hydrogens (tertiary/aromatic N) is 1. The molecule has 0 bridgehead atoms. The lowest BCUT2D eigenvalue weighted by Crippen LogP contribution is -2.25. The fourth-order valence-electron chi connectivity index (χ4n) is 1.78. The molecule has 0 saturated carbocycles. The second-order valence-corrected chi connectivity index (χ2v) is 6.09. The summed E-state index contributed by atoms with van der Waals surface area (Å²) in [4.78, 5) is 11.4. The largest absolute Gasteiger partial charge is 0.273 e. The Kier molecular flexibility index (Phi) is 3.47. The van der Waals surface area contributed by atoms with Crippen molar-refractivity contribution in [2.24, 2.45) is 5.10 Å². The molecule has 1 aromatic rings. The summed E-state index contributed by atoms with van der Waals surface area (Å²) < 4.78 is 23.7. The minimum Gasteiger partial charge on any atom is -0.273 e. The van der Waals surface area contributed by atoms with Crippen LogP contribution in [0.4, 0.5) is 0 Å². The molecule has 1 heterocycles. The average Bonchev–Trinajstić information content (AvgIpc) is 2.38. The molecule has 1 aliphatic rings. The first-order chi connectivity index (χ1) is 8.54. The summed E-state index contributed by atoms with van der Waals surface area (Å²) in [5, 5.41) is 4.01. The van der Waals surface area contributed by atoms with Crippen LogP contribution in [0.15, 0.2) is 34.3 Å². The number of amides is 1. The molecule has 1 aromatic carbocycles. The summed E-state index contributed by atoms with van der Waals surface area (Å²) >= 11 is 0. The summed E-state index contributed by atoms with van der Waals surface area (Å²) in [6.45, 7) is 1.73. The highest BCUT2D eigenvalue weighted by Gasteiger charge is 2.27. The Bertz CT molecular complexity index is 606. The fraction of sp³-hybridized carbons (Fsp3) is 0.333. The number of hydrogen-bond donors (Lipinski definition) is 1. The molecule has 0 aliphatic carbocycles. The van der Waals surface area contributed by atoms with Gasteiger partial charge >= 0.3 is 0 Å². The van der Waals surface area contributed by atoms with E-state index in [-0.39, 0.29) is 11.7 Å². The summed E-state index contributed by atoms with van der Waals surface area (Å²) in [6.07, 6.45) is 0.667. The Morgan fingerprint density at radius 1 is 1.39 bits per heavy atom. The van der Waals surface area contributed by atoms with Crippen LogP contribution in [-0.2, 0) is 14.6 Å². The highest BCUT2D eigenvalue weighted by molar-refractivity contribution is 7.91. The number of carbonyl (C=O) groups excluding carboxylic acids is 1. The van der Waals surface area contributed by atoms with Gasteiger partial charge in [0.25, 0.3) is 0 Å². The SMILES string of the molecule is CCC(=O)N/N=C1/CCS(=O)(=O)c2ccccc21. The lowest BCUT2D eigenvalue weighted by molar-refractivity contribution is -0.120. The van der Waals surface area contributed by atoms with E-state index in [1.54, 1.807) is 31.2 Å². The van der Waals surface area contributed by atoms with Crippen molar-refractivity contribution in [2.75, 3.05) is 5.75 Å². The van der Waals surface area contributed by atoms with Gasteiger partial charge in [0.15, 0.2) is 9.84 Å². The summed E-state index contributed by atoms with van der Waals surface area (Å²) in [5.41, 5.74) is 3.62. The van der Waals surface area contributed by atoms with Crippen molar-refractivity contribution in [3.05, 3.63) is 29.8 Å². The van der Waals surface area contributed by atoms with Crippen LogP contribution in [0.3, 0.4) is 0 Å².